The maximum absolute atomic E-state index is 13.4. The normalized spacial score (nSPS) is 32.9. The van der Waals surface area contributed by atoms with E-state index >= 15 is 0 Å². The lowest BCUT2D eigenvalue weighted by Crippen LogP contribution is -2.28. The van der Waals surface area contributed by atoms with Crippen LogP contribution in [0.5, 0.6) is 0 Å². The Labute approximate surface area is 99.8 Å². The molecule has 2 rings (SSSR count). The van der Waals surface area contributed by atoms with Gasteiger partial charge in [-0.15, -0.1) is 11.3 Å². The van der Waals surface area contributed by atoms with Crippen LogP contribution in [0.25, 0.3) is 0 Å². The first-order valence-electron chi connectivity index (χ1n) is 4.88. The Hall–Kier alpha value is -1.09. The highest BCUT2D eigenvalue weighted by Crippen LogP contribution is 2.36. The molecule has 4 N–H and O–H groups in total. The number of rotatable bonds is 3. The lowest BCUT2D eigenvalue weighted by molar-refractivity contribution is -0.0142. The highest BCUT2D eigenvalue weighted by molar-refractivity contribution is 7.09. The highest BCUT2D eigenvalue weighted by Gasteiger charge is 2.45. The molecule has 1 saturated heterocycles. The van der Waals surface area contributed by atoms with Crippen LogP contribution in [0.2, 0.25) is 0 Å². The van der Waals surface area contributed by atoms with Crippen LogP contribution >= 0.6 is 11.3 Å². The van der Waals surface area contributed by atoms with Crippen molar-refractivity contribution in [1.82, 2.24) is 4.98 Å². The van der Waals surface area contributed by atoms with Crippen LogP contribution in [-0.2, 0) is 4.74 Å². The Morgan fingerprint density at radius 3 is 2.88 bits per heavy atom. The van der Waals surface area contributed by atoms with Gasteiger partial charge in [0.1, 0.15) is 29.0 Å². The molecule has 0 unspecified atom stereocenters. The Balaban J connectivity index is 2.19. The number of alkyl halides is 1. The number of primary amides is 1. The fourth-order valence-corrected chi connectivity index (χ4v) is 2.49. The van der Waals surface area contributed by atoms with Gasteiger partial charge in [0.2, 0.25) is 0 Å². The van der Waals surface area contributed by atoms with Gasteiger partial charge in [0.15, 0.2) is 6.17 Å². The van der Waals surface area contributed by atoms with E-state index < -0.39 is 37.0 Å². The second-order valence-electron chi connectivity index (χ2n) is 3.65. The topological polar surface area (TPSA) is 106 Å². The van der Waals surface area contributed by atoms with Gasteiger partial charge in [0, 0.05) is 5.38 Å². The predicted octanol–water partition coefficient (Wildman–Crippen LogP) is -0.627. The molecule has 1 aliphatic heterocycles. The van der Waals surface area contributed by atoms with Gasteiger partial charge in [0.25, 0.3) is 5.91 Å². The van der Waals surface area contributed by atoms with Gasteiger partial charge < -0.3 is 20.7 Å². The molecule has 1 aromatic rings. The molecule has 8 heteroatoms. The number of nitrogens with two attached hydrogens (primary N) is 1. The van der Waals surface area contributed by atoms with Crippen LogP contribution in [0.4, 0.5) is 4.39 Å². The van der Waals surface area contributed by atoms with Crippen LogP contribution in [0.15, 0.2) is 5.38 Å². The first kappa shape index (κ1) is 12.4. The quantitative estimate of drug-likeness (QED) is 0.672. The Morgan fingerprint density at radius 1 is 1.71 bits per heavy atom. The molecule has 0 saturated carbocycles. The van der Waals surface area contributed by atoms with Gasteiger partial charge in [-0.1, -0.05) is 0 Å². The first-order chi connectivity index (χ1) is 8.04. The van der Waals surface area contributed by atoms with Gasteiger partial charge in [-0.25, -0.2) is 9.37 Å². The molecular formula is C9H11FN2O4S. The van der Waals surface area contributed by atoms with E-state index in [-0.39, 0.29) is 10.7 Å². The van der Waals surface area contributed by atoms with Crippen LogP contribution in [0.3, 0.4) is 0 Å². The second kappa shape index (κ2) is 4.65. The summed E-state index contributed by atoms with van der Waals surface area (Å²) >= 11 is 1.05. The number of aliphatic hydroxyl groups excluding tert-OH is 2. The Kier molecular flexibility index (Phi) is 3.38. The maximum Gasteiger partial charge on any atom is 0.268 e. The van der Waals surface area contributed by atoms with E-state index in [1.807, 2.05) is 0 Å². The number of amides is 1. The van der Waals surface area contributed by atoms with Crippen molar-refractivity contribution in [3.63, 3.8) is 0 Å². The van der Waals surface area contributed by atoms with E-state index in [0.717, 1.165) is 11.3 Å². The predicted molar refractivity (Wildman–Crippen MR) is 56.2 cm³/mol. The van der Waals surface area contributed by atoms with Crippen molar-refractivity contribution in [2.45, 2.75) is 24.5 Å². The summed E-state index contributed by atoms with van der Waals surface area (Å²) in [5.41, 5.74) is 5.07. The van der Waals surface area contributed by atoms with E-state index in [4.69, 9.17) is 15.6 Å². The summed E-state index contributed by atoms with van der Waals surface area (Å²) in [5.74, 6) is -0.699. The zero-order valence-electron chi connectivity index (χ0n) is 8.62. The SMILES string of the molecule is NC(=O)c1csc([C@@H]2O[C@H](CO)[C@@H](F)[C@H]2O)n1. The average molecular weight is 262 g/mol. The van der Waals surface area contributed by atoms with Crippen molar-refractivity contribution in [2.24, 2.45) is 5.73 Å². The monoisotopic (exact) mass is 262 g/mol. The van der Waals surface area contributed by atoms with Crippen molar-refractivity contribution in [2.75, 3.05) is 6.61 Å². The number of carbonyl (C=O) groups excluding carboxylic acids is 1. The lowest BCUT2D eigenvalue weighted by Gasteiger charge is -2.10. The summed E-state index contributed by atoms with van der Waals surface area (Å²) in [7, 11) is 0. The molecule has 0 radical (unpaired) electrons. The van der Waals surface area contributed by atoms with Crippen molar-refractivity contribution >= 4 is 17.2 Å². The smallest absolute Gasteiger partial charge is 0.268 e. The highest BCUT2D eigenvalue weighted by atomic mass is 32.1. The average Bonchev–Trinajstić information content (AvgIpc) is 2.87. The number of aromatic nitrogens is 1. The number of hydrogen-bond donors (Lipinski definition) is 3. The summed E-state index contributed by atoms with van der Waals surface area (Å²) < 4.78 is 18.6. The summed E-state index contributed by atoms with van der Waals surface area (Å²) in [4.78, 5) is 14.7. The third-order valence-corrected chi connectivity index (χ3v) is 3.42. The van der Waals surface area contributed by atoms with Crippen molar-refractivity contribution in [3.8, 4) is 0 Å². The van der Waals surface area contributed by atoms with Crippen molar-refractivity contribution in [1.29, 1.82) is 0 Å². The lowest BCUT2D eigenvalue weighted by atomic mass is 10.1. The summed E-state index contributed by atoms with van der Waals surface area (Å²) in [6.07, 6.45) is -5.12. The second-order valence-corrected chi connectivity index (χ2v) is 4.54. The largest absolute Gasteiger partial charge is 0.394 e. The molecule has 94 valence electrons. The van der Waals surface area contributed by atoms with E-state index in [0.29, 0.717) is 0 Å². The molecule has 6 nitrogen and oxygen atoms in total. The molecule has 1 fully saturated rings. The van der Waals surface area contributed by atoms with E-state index in [9.17, 15) is 14.3 Å². The molecule has 1 amide bonds. The molecule has 0 spiro atoms. The van der Waals surface area contributed by atoms with Crippen LogP contribution < -0.4 is 5.73 Å². The minimum Gasteiger partial charge on any atom is -0.394 e. The molecule has 0 bridgehead atoms. The Morgan fingerprint density at radius 2 is 2.41 bits per heavy atom. The van der Waals surface area contributed by atoms with Crippen molar-refractivity contribution in [3.05, 3.63) is 16.1 Å². The number of hydrogen-bond acceptors (Lipinski definition) is 6. The number of halogens is 1. The van der Waals surface area contributed by atoms with Crippen molar-refractivity contribution < 1.29 is 24.1 Å². The molecule has 1 aliphatic rings. The third-order valence-electron chi connectivity index (χ3n) is 2.51. The van der Waals surface area contributed by atoms with Gasteiger partial charge in [-0.05, 0) is 0 Å². The molecule has 4 atom stereocenters. The van der Waals surface area contributed by atoms with Crippen LogP contribution in [-0.4, -0.2) is 46.1 Å². The van der Waals surface area contributed by atoms with Crippen LogP contribution in [0.1, 0.15) is 21.6 Å². The summed E-state index contributed by atoms with van der Waals surface area (Å²) in [5, 5.41) is 20.1. The fourth-order valence-electron chi connectivity index (χ4n) is 1.61. The standard InChI is InChI=1S/C9H11FN2O4S/c10-5-4(1-13)16-7(6(5)14)9-12-3(2-17-9)8(11)15/h2,4-7,13-14H,1H2,(H2,11,15)/t4-,5-,6-,7-/m1/s1. The van der Waals surface area contributed by atoms with Gasteiger partial charge in [0.05, 0.1) is 6.61 Å². The van der Waals surface area contributed by atoms with E-state index in [1.165, 1.54) is 5.38 Å². The third kappa shape index (κ3) is 2.16. The number of aliphatic hydroxyl groups is 2. The number of thiazole rings is 1. The summed E-state index contributed by atoms with van der Waals surface area (Å²) in [6.45, 7) is -0.525. The molecule has 1 aromatic heterocycles. The Bertz CT molecular complexity index is 427. The number of carbonyl (C=O) groups is 1. The zero-order valence-corrected chi connectivity index (χ0v) is 9.43. The zero-order chi connectivity index (χ0) is 12.6. The first-order valence-corrected chi connectivity index (χ1v) is 5.76. The molecule has 17 heavy (non-hydrogen) atoms. The van der Waals surface area contributed by atoms with E-state index in [2.05, 4.69) is 4.98 Å². The molecule has 0 aromatic carbocycles. The minimum absolute atomic E-state index is 0.0451. The van der Waals surface area contributed by atoms with Crippen LogP contribution in [0, 0.1) is 0 Å². The van der Waals surface area contributed by atoms with Gasteiger partial charge in [-0.2, -0.15) is 0 Å². The number of ether oxygens (including phenoxy) is 1. The maximum atomic E-state index is 13.4. The summed E-state index contributed by atoms with van der Waals surface area (Å²) in [6, 6.07) is 0. The fraction of sp³-hybridized carbons (Fsp3) is 0.556. The molecule has 2 heterocycles. The van der Waals surface area contributed by atoms with Gasteiger partial charge in [-0.3, -0.25) is 4.79 Å². The number of nitrogens with zero attached hydrogens (tertiary/aromatic N) is 1. The molecule has 0 aliphatic carbocycles. The van der Waals surface area contributed by atoms with Gasteiger partial charge >= 0.3 is 0 Å². The van der Waals surface area contributed by atoms with E-state index in [1.54, 1.807) is 0 Å². The molecular weight excluding hydrogens is 251 g/mol. The minimum atomic E-state index is -1.68.